The van der Waals surface area contributed by atoms with Crippen molar-refractivity contribution >= 4 is 21.6 Å². The lowest BCUT2D eigenvalue weighted by molar-refractivity contribution is -0.384. The van der Waals surface area contributed by atoms with Crippen LogP contribution in [0.3, 0.4) is 0 Å². The number of carbonyl (C=O) groups excluding carboxylic acids is 1. The topological polar surface area (TPSA) is 110 Å². The van der Waals surface area contributed by atoms with Crippen LogP contribution in [-0.4, -0.2) is 55.7 Å². The van der Waals surface area contributed by atoms with Gasteiger partial charge >= 0.3 is 0 Å². The first kappa shape index (κ1) is 22.7. The summed E-state index contributed by atoms with van der Waals surface area (Å²) >= 11 is 0. The molecule has 1 aliphatic rings. The van der Waals surface area contributed by atoms with Gasteiger partial charge in [-0.15, -0.1) is 0 Å². The molecule has 1 unspecified atom stereocenters. The summed E-state index contributed by atoms with van der Waals surface area (Å²) in [4.78, 5) is 25.1. The van der Waals surface area contributed by atoms with Crippen molar-refractivity contribution in [2.45, 2.75) is 24.3 Å². The number of amides is 1. The average Bonchev–Trinajstić information content (AvgIpc) is 2.78. The van der Waals surface area contributed by atoms with E-state index in [1.807, 2.05) is 0 Å². The first-order valence-corrected chi connectivity index (χ1v) is 11.3. The Labute approximate surface area is 181 Å². The molecule has 1 fully saturated rings. The number of non-ortho nitro benzene ring substituents is 1. The van der Waals surface area contributed by atoms with Crippen molar-refractivity contribution in [1.29, 1.82) is 0 Å². The van der Waals surface area contributed by atoms with Gasteiger partial charge in [-0.1, -0.05) is 12.1 Å². The number of benzene rings is 2. The average molecular weight is 448 g/mol. The molecule has 3 rings (SSSR count). The van der Waals surface area contributed by atoms with Crippen molar-refractivity contribution in [3.8, 4) is 5.75 Å². The van der Waals surface area contributed by atoms with Gasteiger partial charge in [0, 0.05) is 38.8 Å². The number of nitro groups is 1. The maximum Gasteiger partial charge on any atom is 0.269 e. The Morgan fingerprint density at radius 2 is 1.97 bits per heavy atom. The minimum absolute atomic E-state index is 0.0345. The number of carbonyl (C=O) groups is 1. The zero-order valence-corrected chi connectivity index (χ0v) is 18.2. The van der Waals surface area contributed by atoms with Crippen molar-refractivity contribution < 1.29 is 22.9 Å². The lowest BCUT2D eigenvalue weighted by Gasteiger charge is -2.33. The van der Waals surface area contributed by atoms with E-state index in [9.17, 15) is 23.3 Å². The number of sulfonamides is 1. The third kappa shape index (κ3) is 5.20. The van der Waals surface area contributed by atoms with Crippen molar-refractivity contribution in [3.63, 3.8) is 0 Å². The van der Waals surface area contributed by atoms with Crippen LogP contribution in [0.5, 0.6) is 5.75 Å². The third-order valence-corrected chi connectivity index (χ3v) is 7.23. The molecule has 0 aliphatic carbocycles. The molecule has 10 heteroatoms. The van der Waals surface area contributed by atoms with E-state index in [4.69, 9.17) is 4.74 Å². The van der Waals surface area contributed by atoms with E-state index in [1.54, 1.807) is 31.3 Å². The molecule has 1 atom stereocenters. The highest BCUT2D eigenvalue weighted by Crippen LogP contribution is 2.26. The molecule has 2 aromatic rings. The molecule has 1 heterocycles. The first-order valence-electron chi connectivity index (χ1n) is 9.85. The maximum absolute atomic E-state index is 13.0. The molecule has 1 aliphatic heterocycles. The van der Waals surface area contributed by atoms with Crippen LogP contribution < -0.4 is 4.74 Å². The lowest BCUT2D eigenvalue weighted by atomic mass is 9.98. The molecule has 9 nitrogen and oxygen atoms in total. The van der Waals surface area contributed by atoms with Crippen LogP contribution in [0.2, 0.25) is 0 Å². The molecular weight excluding hydrogens is 422 g/mol. The van der Waals surface area contributed by atoms with Gasteiger partial charge in [0.2, 0.25) is 15.9 Å². The number of hydrogen-bond acceptors (Lipinski definition) is 6. The Kier molecular flexibility index (Phi) is 6.91. The Morgan fingerprint density at radius 3 is 2.61 bits per heavy atom. The zero-order chi connectivity index (χ0) is 22.6. The second-order valence-corrected chi connectivity index (χ2v) is 9.44. The summed E-state index contributed by atoms with van der Waals surface area (Å²) in [6, 6.07) is 12.3. The second-order valence-electron chi connectivity index (χ2n) is 7.50. The lowest BCUT2D eigenvalue weighted by Crippen LogP contribution is -2.45. The van der Waals surface area contributed by atoms with Crippen LogP contribution in [0.15, 0.2) is 53.4 Å². The number of rotatable bonds is 7. The van der Waals surface area contributed by atoms with E-state index in [2.05, 4.69) is 0 Å². The largest absolute Gasteiger partial charge is 0.497 e. The summed E-state index contributed by atoms with van der Waals surface area (Å²) in [5, 5.41) is 11.0. The molecule has 0 spiro atoms. The second kappa shape index (κ2) is 9.44. The monoisotopic (exact) mass is 447 g/mol. The molecule has 0 bridgehead atoms. The van der Waals surface area contributed by atoms with Gasteiger partial charge in [0.1, 0.15) is 5.75 Å². The highest BCUT2D eigenvalue weighted by molar-refractivity contribution is 7.89. The van der Waals surface area contributed by atoms with Crippen molar-refractivity contribution in [3.05, 3.63) is 64.2 Å². The molecule has 1 saturated heterocycles. The number of hydrogen-bond donors (Lipinski definition) is 0. The number of nitro benzene ring substituents is 1. The van der Waals surface area contributed by atoms with Crippen LogP contribution >= 0.6 is 0 Å². The van der Waals surface area contributed by atoms with Crippen LogP contribution in [-0.2, 0) is 21.4 Å². The van der Waals surface area contributed by atoms with Gasteiger partial charge in [-0.3, -0.25) is 14.9 Å². The third-order valence-electron chi connectivity index (χ3n) is 5.35. The van der Waals surface area contributed by atoms with E-state index in [-0.39, 0.29) is 29.6 Å². The summed E-state index contributed by atoms with van der Waals surface area (Å²) in [7, 11) is -0.590. The standard InChI is InChI=1S/C21H25N3O6S/c1-22(14-16-5-3-7-18(13-16)24(26)27)21(25)17-6-4-12-23(15-17)31(28,29)20-10-8-19(30-2)9-11-20/h3,5,7-11,13,17H,4,6,12,14-15H2,1-2H3. The van der Waals surface area contributed by atoms with E-state index >= 15 is 0 Å². The zero-order valence-electron chi connectivity index (χ0n) is 17.4. The van der Waals surface area contributed by atoms with Gasteiger partial charge in [-0.2, -0.15) is 4.31 Å². The molecule has 0 radical (unpaired) electrons. The molecule has 0 aromatic heterocycles. The first-order chi connectivity index (χ1) is 14.7. The highest BCUT2D eigenvalue weighted by Gasteiger charge is 2.34. The predicted molar refractivity (Wildman–Crippen MR) is 114 cm³/mol. The van der Waals surface area contributed by atoms with Crippen molar-refractivity contribution in [1.82, 2.24) is 9.21 Å². The Morgan fingerprint density at radius 1 is 1.26 bits per heavy atom. The number of ether oxygens (including phenoxy) is 1. The smallest absolute Gasteiger partial charge is 0.269 e. The fraction of sp³-hybridized carbons (Fsp3) is 0.381. The van der Waals surface area contributed by atoms with E-state index < -0.39 is 20.9 Å². The predicted octanol–water partition coefficient (Wildman–Crippen LogP) is 2.66. The SMILES string of the molecule is COc1ccc(S(=O)(=O)N2CCCC(C(=O)N(C)Cc3cccc([N+](=O)[O-])c3)C2)cc1. The summed E-state index contributed by atoms with van der Waals surface area (Å²) in [6.07, 6.45) is 1.17. The molecule has 1 amide bonds. The Hall–Kier alpha value is -2.98. The van der Waals surface area contributed by atoms with Gasteiger partial charge in [-0.25, -0.2) is 8.42 Å². The summed E-state index contributed by atoms with van der Waals surface area (Å²) in [5.74, 6) is -0.0833. The number of nitrogens with zero attached hydrogens (tertiary/aromatic N) is 3. The quantitative estimate of drug-likeness (QED) is 0.477. The highest BCUT2D eigenvalue weighted by atomic mass is 32.2. The summed E-state index contributed by atoms with van der Waals surface area (Å²) in [6.45, 7) is 0.668. The van der Waals surface area contributed by atoms with Gasteiger partial charge in [0.25, 0.3) is 5.69 Å². The molecule has 31 heavy (non-hydrogen) atoms. The molecule has 0 saturated carbocycles. The number of piperidine rings is 1. The van der Waals surface area contributed by atoms with E-state index in [0.29, 0.717) is 30.7 Å². The van der Waals surface area contributed by atoms with Crippen molar-refractivity contribution in [2.75, 3.05) is 27.2 Å². The minimum atomic E-state index is -3.72. The molecule has 0 N–H and O–H groups in total. The normalized spacial score (nSPS) is 17.2. The number of methoxy groups -OCH3 is 1. The van der Waals surface area contributed by atoms with Gasteiger partial charge in [-0.05, 0) is 42.7 Å². The van der Waals surface area contributed by atoms with Crippen LogP contribution in [0, 0.1) is 16.0 Å². The van der Waals surface area contributed by atoms with Gasteiger partial charge in [0.15, 0.2) is 0 Å². The summed E-state index contributed by atoms with van der Waals surface area (Å²) < 4.78 is 32.5. The van der Waals surface area contributed by atoms with Crippen molar-refractivity contribution in [2.24, 2.45) is 5.92 Å². The molecular formula is C21H25N3O6S. The molecule has 166 valence electrons. The fourth-order valence-electron chi connectivity index (χ4n) is 3.69. The Bertz CT molecular complexity index is 1060. The van der Waals surface area contributed by atoms with Crippen LogP contribution in [0.25, 0.3) is 0 Å². The van der Waals surface area contributed by atoms with Gasteiger partial charge < -0.3 is 9.64 Å². The Balaban J connectivity index is 1.69. The fourth-order valence-corrected chi connectivity index (χ4v) is 5.21. The maximum atomic E-state index is 13.0. The van der Waals surface area contributed by atoms with Gasteiger partial charge in [0.05, 0.1) is 22.8 Å². The van der Waals surface area contributed by atoms with Crippen LogP contribution in [0.4, 0.5) is 5.69 Å². The van der Waals surface area contributed by atoms with E-state index in [1.165, 1.54) is 40.6 Å². The van der Waals surface area contributed by atoms with Crippen LogP contribution in [0.1, 0.15) is 18.4 Å². The summed E-state index contributed by atoms with van der Waals surface area (Å²) in [5.41, 5.74) is 0.608. The minimum Gasteiger partial charge on any atom is -0.497 e. The van der Waals surface area contributed by atoms with E-state index in [0.717, 1.165) is 0 Å². The molecule has 2 aromatic carbocycles.